The van der Waals surface area contributed by atoms with Crippen LogP contribution >= 0.6 is 0 Å². The van der Waals surface area contributed by atoms with Crippen molar-refractivity contribution in [2.45, 2.75) is 27.2 Å². The number of nitrogens with two attached hydrogens (primary N) is 1. The fourth-order valence-electron chi connectivity index (χ4n) is 1.57. The van der Waals surface area contributed by atoms with Crippen molar-refractivity contribution in [2.75, 3.05) is 5.73 Å². The molecule has 2 rings (SSSR count). The van der Waals surface area contributed by atoms with Crippen molar-refractivity contribution < 1.29 is 5.11 Å². The van der Waals surface area contributed by atoms with Crippen LogP contribution in [0.5, 0.6) is 5.88 Å². The summed E-state index contributed by atoms with van der Waals surface area (Å²) >= 11 is 0. The van der Waals surface area contributed by atoms with Crippen molar-refractivity contribution in [3.8, 4) is 5.88 Å². The summed E-state index contributed by atoms with van der Waals surface area (Å²) < 4.78 is 0. The van der Waals surface area contributed by atoms with Crippen LogP contribution in [0.25, 0.3) is 11.2 Å². The summed E-state index contributed by atoms with van der Waals surface area (Å²) in [7, 11) is 0. The van der Waals surface area contributed by atoms with Gasteiger partial charge in [0.05, 0.1) is 11.9 Å². The van der Waals surface area contributed by atoms with E-state index in [4.69, 9.17) is 5.73 Å². The van der Waals surface area contributed by atoms with Crippen LogP contribution in [0.3, 0.4) is 0 Å². The SMILES string of the molecule is CC(C)(C)Cc1cnc2nc(N)nc(O)c2n1. The summed E-state index contributed by atoms with van der Waals surface area (Å²) in [5, 5.41) is 9.64. The number of hydrogen-bond acceptors (Lipinski definition) is 6. The van der Waals surface area contributed by atoms with Crippen molar-refractivity contribution in [3.05, 3.63) is 11.9 Å². The maximum Gasteiger partial charge on any atom is 0.244 e. The molecule has 0 saturated carbocycles. The van der Waals surface area contributed by atoms with E-state index in [1.54, 1.807) is 6.20 Å². The molecular formula is C11H15N5O. The highest BCUT2D eigenvalue weighted by Gasteiger charge is 2.15. The van der Waals surface area contributed by atoms with Crippen LogP contribution in [-0.4, -0.2) is 25.0 Å². The zero-order chi connectivity index (χ0) is 12.6. The van der Waals surface area contributed by atoms with Gasteiger partial charge in [0.25, 0.3) is 0 Å². The average Bonchev–Trinajstić information content (AvgIpc) is 2.16. The highest BCUT2D eigenvalue weighted by atomic mass is 16.3. The van der Waals surface area contributed by atoms with E-state index in [1.165, 1.54) is 0 Å². The number of hydrogen-bond donors (Lipinski definition) is 2. The van der Waals surface area contributed by atoms with E-state index in [-0.39, 0.29) is 17.2 Å². The van der Waals surface area contributed by atoms with Crippen LogP contribution in [0.1, 0.15) is 26.5 Å². The monoisotopic (exact) mass is 233 g/mol. The first-order valence-electron chi connectivity index (χ1n) is 5.33. The summed E-state index contributed by atoms with van der Waals surface area (Å²) in [6.07, 6.45) is 2.42. The molecule has 0 unspecified atom stereocenters. The van der Waals surface area contributed by atoms with Gasteiger partial charge < -0.3 is 10.8 Å². The molecule has 0 bridgehead atoms. The van der Waals surface area contributed by atoms with E-state index < -0.39 is 0 Å². The van der Waals surface area contributed by atoms with Crippen molar-refractivity contribution in [2.24, 2.45) is 5.41 Å². The smallest absolute Gasteiger partial charge is 0.244 e. The first-order valence-corrected chi connectivity index (χ1v) is 5.33. The second-order valence-corrected chi connectivity index (χ2v) is 5.18. The molecule has 0 fully saturated rings. The molecule has 0 radical (unpaired) electrons. The molecule has 2 aromatic heterocycles. The lowest BCUT2D eigenvalue weighted by Crippen LogP contribution is -2.11. The Bertz CT molecular complexity index is 562. The van der Waals surface area contributed by atoms with Crippen LogP contribution in [-0.2, 0) is 6.42 Å². The Labute approximate surface area is 99.0 Å². The molecular weight excluding hydrogens is 218 g/mol. The number of aromatic nitrogens is 4. The van der Waals surface area contributed by atoms with Crippen LogP contribution in [0.4, 0.5) is 5.95 Å². The van der Waals surface area contributed by atoms with Crippen molar-refractivity contribution in [1.82, 2.24) is 19.9 Å². The molecule has 0 aliphatic rings. The lowest BCUT2D eigenvalue weighted by atomic mass is 9.91. The molecule has 90 valence electrons. The average molecular weight is 233 g/mol. The topological polar surface area (TPSA) is 97.8 Å². The van der Waals surface area contributed by atoms with Gasteiger partial charge in [-0.3, -0.25) is 0 Å². The van der Waals surface area contributed by atoms with Gasteiger partial charge in [-0.15, -0.1) is 0 Å². The molecule has 0 amide bonds. The lowest BCUT2D eigenvalue weighted by molar-refractivity contribution is 0.405. The number of anilines is 1. The van der Waals surface area contributed by atoms with E-state index in [2.05, 4.69) is 40.7 Å². The quantitative estimate of drug-likeness (QED) is 0.770. The zero-order valence-electron chi connectivity index (χ0n) is 10.1. The molecule has 0 atom stereocenters. The predicted octanol–water partition coefficient (Wildman–Crippen LogP) is 1.30. The highest BCUT2D eigenvalue weighted by Crippen LogP contribution is 2.22. The molecule has 2 heterocycles. The number of fused-ring (bicyclic) bond motifs is 1. The minimum Gasteiger partial charge on any atom is -0.492 e. The second kappa shape index (κ2) is 3.80. The highest BCUT2D eigenvalue weighted by molar-refractivity contribution is 5.75. The van der Waals surface area contributed by atoms with Gasteiger partial charge >= 0.3 is 0 Å². The third kappa shape index (κ3) is 2.58. The largest absolute Gasteiger partial charge is 0.492 e. The van der Waals surface area contributed by atoms with Gasteiger partial charge in [-0.1, -0.05) is 20.8 Å². The Morgan fingerprint density at radius 3 is 2.59 bits per heavy atom. The first-order chi connectivity index (χ1) is 7.85. The molecule has 0 aliphatic heterocycles. The van der Waals surface area contributed by atoms with Crippen molar-refractivity contribution in [3.63, 3.8) is 0 Å². The molecule has 2 aromatic rings. The minimum atomic E-state index is -0.226. The van der Waals surface area contributed by atoms with Crippen LogP contribution in [0.15, 0.2) is 6.20 Å². The fourth-order valence-corrected chi connectivity index (χ4v) is 1.57. The van der Waals surface area contributed by atoms with Gasteiger partial charge in [-0.2, -0.15) is 9.97 Å². The molecule has 17 heavy (non-hydrogen) atoms. The minimum absolute atomic E-state index is 0.00660. The van der Waals surface area contributed by atoms with Gasteiger partial charge in [0.15, 0.2) is 11.2 Å². The third-order valence-electron chi connectivity index (χ3n) is 2.17. The number of nitrogens with zero attached hydrogens (tertiary/aromatic N) is 4. The molecule has 6 heteroatoms. The molecule has 3 N–H and O–H groups in total. The molecule has 0 aromatic carbocycles. The second-order valence-electron chi connectivity index (χ2n) is 5.18. The molecule has 6 nitrogen and oxygen atoms in total. The normalized spacial score (nSPS) is 11.9. The van der Waals surface area contributed by atoms with Crippen LogP contribution < -0.4 is 5.73 Å². The Balaban J connectivity index is 2.51. The maximum absolute atomic E-state index is 9.64. The van der Waals surface area contributed by atoms with E-state index in [9.17, 15) is 5.11 Å². The van der Waals surface area contributed by atoms with E-state index in [1.807, 2.05) is 0 Å². The fraction of sp³-hybridized carbons (Fsp3) is 0.455. The van der Waals surface area contributed by atoms with Crippen LogP contribution in [0, 0.1) is 5.41 Å². The summed E-state index contributed by atoms with van der Waals surface area (Å²) in [5.41, 5.74) is 6.92. The van der Waals surface area contributed by atoms with Gasteiger partial charge in [0, 0.05) is 0 Å². The lowest BCUT2D eigenvalue weighted by Gasteiger charge is -2.17. The first kappa shape index (κ1) is 11.5. The molecule has 0 spiro atoms. The number of rotatable bonds is 1. The van der Waals surface area contributed by atoms with Gasteiger partial charge in [0.1, 0.15) is 0 Å². The van der Waals surface area contributed by atoms with Gasteiger partial charge in [0.2, 0.25) is 11.8 Å². The Hall–Kier alpha value is -1.98. The third-order valence-corrected chi connectivity index (χ3v) is 2.17. The Kier molecular flexibility index (Phi) is 2.57. The van der Waals surface area contributed by atoms with E-state index in [0.29, 0.717) is 11.2 Å². The summed E-state index contributed by atoms with van der Waals surface area (Å²) in [6, 6.07) is 0. The van der Waals surface area contributed by atoms with Crippen molar-refractivity contribution >= 4 is 17.1 Å². The zero-order valence-corrected chi connectivity index (χ0v) is 10.1. The Morgan fingerprint density at radius 1 is 1.24 bits per heavy atom. The van der Waals surface area contributed by atoms with Crippen LogP contribution in [0.2, 0.25) is 0 Å². The summed E-state index contributed by atoms with van der Waals surface area (Å²) in [4.78, 5) is 16.0. The van der Waals surface area contributed by atoms with Gasteiger partial charge in [-0.25, -0.2) is 9.97 Å². The van der Waals surface area contributed by atoms with Gasteiger partial charge in [-0.05, 0) is 11.8 Å². The van der Waals surface area contributed by atoms with E-state index >= 15 is 0 Å². The Morgan fingerprint density at radius 2 is 1.94 bits per heavy atom. The summed E-state index contributed by atoms with van der Waals surface area (Å²) in [5.74, 6) is -0.233. The maximum atomic E-state index is 9.64. The number of aromatic hydroxyl groups is 1. The standard InChI is InChI=1S/C11H15N5O/c1-11(2,3)4-6-5-13-8-7(14-6)9(17)16-10(12)15-8/h5H,4H2,1-3H3,(H3,12,13,15,16,17). The molecule has 0 saturated heterocycles. The summed E-state index contributed by atoms with van der Waals surface area (Å²) in [6.45, 7) is 6.33. The molecule has 0 aliphatic carbocycles. The van der Waals surface area contributed by atoms with Crippen molar-refractivity contribution in [1.29, 1.82) is 0 Å². The number of nitrogen functional groups attached to an aromatic ring is 1. The predicted molar refractivity (Wildman–Crippen MR) is 64.4 cm³/mol. The van der Waals surface area contributed by atoms with E-state index in [0.717, 1.165) is 12.1 Å².